The van der Waals surface area contributed by atoms with Gasteiger partial charge < -0.3 is 72.3 Å². The fourth-order valence-electron chi connectivity index (χ4n) is 0. The molecule has 0 saturated heterocycles. The van der Waals surface area contributed by atoms with E-state index in [0.717, 1.165) is 27.7 Å². The second kappa shape index (κ2) is 26.6. The van der Waals surface area contributed by atoms with E-state index in [-0.39, 0.29) is 34.0 Å². The molecule has 10 N–H and O–H groups in total. The monoisotopic (exact) mass is 438 g/mol. The average Bonchev–Trinajstić information content (AvgIpc) is 2.40. The van der Waals surface area contributed by atoms with Crippen molar-refractivity contribution in [3.63, 3.8) is 0 Å². The van der Waals surface area contributed by atoms with Crippen LogP contribution in [0, 0.1) is 0 Å². The van der Waals surface area contributed by atoms with Crippen LogP contribution in [-0.2, 0) is 40.9 Å². The Hall–Kier alpha value is -1.65. The molecule has 0 heterocycles. The van der Waals surface area contributed by atoms with E-state index in [2.05, 4.69) is 0 Å². The summed E-state index contributed by atoms with van der Waals surface area (Å²) < 4.78 is 0. The molecule has 4 unspecified atom stereocenters. The van der Waals surface area contributed by atoms with Crippen molar-refractivity contribution >= 4 is 23.9 Å². The summed E-state index contributed by atoms with van der Waals surface area (Å²) in [7, 11) is 0. The Morgan fingerprint density at radius 1 is 0.593 bits per heavy atom. The van der Waals surface area contributed by atoms with E-state index in [1.807, 2.05) is 0 Å². The number of aliphatic carboxylic acids is 4. The van der Waals surface area contributed by atoms with Crippen molar-refractivity contribution in [1.82, 2.24) is 12.3 Å². The third kappa shape index (κ3) is 59.1. The Morgan fingerprint density at radius 3 is 0.667 bits per heavy atom. The molecule has 15 heteroatoms. The van der Waals surface area contributed by atoms with Crippen molar-refractivity contribution in [2.75, 3.05) is 0 Å². The van der Waals surface area contributed by atoms with Gasteiger partial charge in [0.25, 0.3) is 0 Å². The Labute approximate surface area is 170 Å². The smallest absolute Gasteiger partial charge is 0.848 e. The Kier molecular flexibility index (Phi) is 43.9. The number of rotatable bonds is 4. The van der Waals surface area contributed by atoms with E-state index in [9.17, 15) is 49.8 Å². The van der Waals surface area contributed by atoms with Crippen LogP contribution in [0.4, 0.5) is 0 Å². The Balaban J connectivity index is -0.0000000381. The number of aliphatic hydroxyl groups is 2. The Bertz CT molecular complexity index is 317. The predicted octanol–water partition coefficient (Wildman–Crippen LogP) is -8.05. The molecule has 0 fully saturated rings. The van der Waals surface area contributed by atoms with Crippen LogP contribution >= 0.6 is 0 Å². The number of quaternary nitrogens is 2. The van der Waals surface area contributed by atoms with Gasteiger partial charge in [-0.3, -0.25) is 0 Å². The van der Waals surface area contributed by atoms with Crippen molar-refractivity contribution in [3.05, 3.63) is 0 Å². The van der Waals surface area contributed by atoms with Gasteiger partial charge in [0.15, 0.2) is 0 Å². The first-order valence-corrected chi connectivity index (χ1v) is 6.08. The van der Waals surface area contributed by atoms with Gasteiger partial charge >= 0.3 is 21.7 Å². The van der Waals surface area contributed by atoms with Gasteiger partial charge in [0, 0.05) is 11.9 Å². The van der Waals surface area contributed by atoms with Crippen LogP contribution in [-0.4, -0.2) is 58.5 Å². The summed E-state index contributed by atoms with van der Waals surface area (Å²) in [6.45, 7) is 4.31. The molecule has 4 atom stereocenters. The molecule has 160 valence electrons. The predicted molar refractivity (Wildman–Crippen MR) is 74.3 cm³/mol. The maximum Gasteiger partial charge on any atom is 4.00 e. The minimum Gasteiger partial charge on any atom is -0.848 e. The van der Waals surface area contributed by atoms with Gasteiger partial charge in [0.05, 0.1) is 24.1 Å². The van der Waals surface area contributed by atoms with Crippen molar-refractivity contribution in [2.24, 2.45) is 0 Å². The molecule has 0 aliphatic heterocycles. The fourth-order valence-corrected chi connectivity index (χ4v) is 0. The number of aliphatic hydroxyl groups excluding tert-OH is 2. The molecule has 0 aromatic heterocycles. The third-order valence-electron chi connectivity index (χ3n) is 1.35. The van der Waals surface area contributed by atoms with Gasteiger partial charge in [-0.05, 0) is 13.8 Å². The molecule has 0 aliphatic rings. The third-order valence-corrected chi connectivity index (χ3v) is 1.35. The molecule has 27 heavy (non-hydrogen) atoms. The summed E-state index contributed by atoms with van der Waals surface area (Å²) >= 11 is 0. The standard InChI is InChI=1S/2C3H6O3.2C3H5O3.2H3N.Ti/c4*1-2(4)3(5)6;;;/h2*2,4H,1H3,(H,5,6);2*2H,1H3,(H,5,6);2*1H3;/q;;2*-1;;;+4/p-2. The summed E-state index contributed by atoms with van der Waals surface area (Å²) in [5.41, 5.74) is 0. The summed E-state index contributed by atoms with van der Waals surface area (Å²) in [4.78, 5) is 37.2. The second-order valence-corrected chi connectivity index (χ2v) is 3.91. The minimum absolute atomic E-state index is 0. The van der Waals surface area contributed by atoms with Gasteiger partial charge in [-0.2, -0.15) is 0 Å². The maximum atomic E-state index is 9.56. The van der Waals surface area contributed by atoms with E-state index in [4.69, 9.17) is 10.2 Å². The summed E-state index contributed by atoms with van der Waals surface area (Å²) in [5.74, 6) is -5.96. The van der Waals surface area contributed by atoms with Crippen LogP contribution in [0.15, 0.2) is 0 Å². The van der Waals surface area contributed by atoms with Crippen LogP contribution in [0.1, 0.15) is 27.7 Å². The summed E-state index contributed by atoms with van der Waals surface area (Å²) in [6.07, 6.45) is -5.87. The number of carboxylic acids is 4. The summed E-state index contributed by atoms with van der Waals surface area (Å²) in [6, 6.07) is 0. The quantitative estimate of drug-likeness (QED) is 0.297. The van der Waals surface area contributed by atoms with Crippen molar-refractivity contribution in [1.29, 1.82) is 0 Å². The van der Waals surface area contributed by atoms with Gasteiger partial charge in [0.2, 0.25) is 0 Å². The molecular weight excluding hydrogens is 412 g/mol. The van der Waals surface area contributed by atoms with E-state index >= 15 is 0 Å². The van der Waals surface area contributed by atoms with Crippen LogP contribution in [0.5, 0.6) is 0 Å². The topological polar surface area (TPSA) is 320 Å². The maximum absolute atomic E-state index is 9.56. The molecule has 0 amide bonds. The SMILES string of the molecule is CC(O)C(=O)[O-].CC(O)C(=O)[O-].CC([O-])C(=O)[O-].CC([O-])C(=O)[O-].[NH4+].[NH4+].[Ti+4]. The van der Waals surface area contributed by atoms with Gasteiger partial charge in [-0.15, -0.1) is 0 Å². The first kappa shape index (κ1) is 44.6. The number of carbonyl (C=O) groups excluding carboxylic acids is 4. The molecule has 0 aliphatic carbocycles. The second-order valence-electron chi connectivity index (χ2n) is 3.91. The number of carboxylic acid groups (broad SMARTS) is 4. The zero-order chi connectivity index (χ0) is 20.6. The first-order valence-electron chi connectivity index (χ1n) is 6.08. The molecule has 0 aromatic carbocycles. The molecule has 0 bridgehead atoms. The first-order chi connectivity index (χ1) is 10.6. The van der Waals surface area contributed by atoms with Crippen LogP contribution in [0.2, 0.25) is 0 Å². The zero-order valence-corrected chi connectivity index (χ0v) is 17.3. The molecule has 0 radical (unpaired) electrons. The van der Waals surface area contributed by atoms with Crippen LogP contribution in [0.3, 0.4) is 0 Å². The van der Waals surface area contributed by atoms with Gasteiger partial charge in [-0.1, -0.05) is 26.1 Å². The van der Waals surface area contributed by atoms with Crippen molar-refractivity contribution in [2.45, 2.75) is 52.1 Å². The van der Waals surface area contributed by atoms with Gasteiger partial charge in [-0.25, -0.2) is 0 Å². The normalized spacial score (nSPS) is 12.1. The minimum atomic E-state index is -1.59. The van der Waals surface area contributed by atoms with E-state index < -0.39 is 48.3 Å². The van der Waals surface area contributed by atoms with Gasteiger partial charge in [0.1, 0.15) is 0 Å². The molecule has 0 saturated carbocycles. The Morgan fingerprint density at radius 2 is 0.667 bits per heavy atom. The van der Waals surface area contributed by atoms with Crippen molar-refractivity contribution < 1.29 is 81.7 Å². The van der Waals surface area contributed by atoms with E-state index in [0.29, 0.717) is 0 Å². The summed E-state index contributed by atoms with van der Waals surface area (Å²) in [5, 5.41) is 72.3. The van der Waals surface area contributed by atoms with E-state index in [1.54, 1.807) is 0 Å². The molecule has 14 nitrogen and oxygen atoms in total. The fraction of sp³-hybridized carbons (Fsp3) is 0.667. The number of hydrogen-bond acceptors (Lipinski definition) is 12. The molecule has 0 rings (SSSR count). The number of hydrogen-bond donors (Lipinski definition) is 4. The average molecular weight is 438 g/mol. The largest absolute Gasteiger partial charge is 4.00 e. The number of carbonyl (C=O) groups is 4. The van der Waals surface area contributed by atoms with E-state index in [1.165, 1.54) is 0 Å². The molecule has 0 aromatic rings. The molecular formula is C12H26N2O12Ti. The van der Waals surface area contributed by atoms with Crippen LogP contribution in [0.25, 0.3) is 0 Å². The zero-order valence-electron chi connectivity index (χ0n) is 15.8. The molecule has 0 spiro atoms. The van der Waals surface area contributed by atoms with Crippen molar-refractivity contribution in [3.8, 4) is 0 Å². The van der Waals surface area contributed by atoms with Crippen LogP contribution < -0.4 is 42.9 Å².